The van der Waals surface area contributed by atoms with Crippen LogP contribution in [-0.2, 0) is 4.79 Å². The molecule has 1 aromatic heterocycles. The van der Waals surface area contributed by atoms with Crippen LogP contribution in [0, 0.1) is 0 Å². The zero-order valence-electron chi connectivity index (χ0n) is 14.9. The Morgan fingerprint density at radius 2 is 2.19 bits per heavy atom. The maximum absolute atomic E-state index is 12.2. The number of hydrogen-bond donors (Lipinski definition) is 1. The summed E-state index contributed by atoms with van der Waals surface area (Å²) in [6.07, 6.45) is 4.47. The van der Waals surface area contributed by atoms with Crippen LogP contribution < -0.4 is 10.2 Å². The van der Waals surface area contributed by atoms with E-state index in [0.29, 0.717) is 12.5 Å². The van der Waals surface area contributed by atoms with E-state index < -0.39 is 0 Å². The Kier molecular flexibility index (Phi) is 6.57. The number of halogens is 1. The second kappa shape index (κ2) is 9.09. The van der Waals surface area contributed by atoms with Gasteiger partial charge in [-0.25, -0.2) is 0 Å². The molecule has 1 saturated heterocycles. The van der Waals surface area contributed by atoms with Crippen LogP contribution in [0.3, 0.4) is 0 Å². The Morgan fingerprint density at radius 1 is 1.35 bits per heavy atom. The number of carbonyl (C=O) groups excluding carboxylic acids is 1. The SMILES string of the molecule is CN(CCC(=O)Nc1ccccc1Br)CC1CCCN1c1cccnn1. The van der Waals surface area contributed by atoms with Crippen molar-refractivity contribution in [2.45, 2.75) is 25.3 Å². The molecule has 3 rings (SSSR count). The van der Waals surface area contributed by atoms with Gasteiger partial charge in [-0.2, -0.15) is 5.10 Å². The van der Waals surface area contributed by atoms with Gasteiger partial charge < -0.3 is 15.1 Å². The molecule has 138 valence electrons. The molecule has 2 heterocycles. The normalized spacial score (nSPS) is 16.9. The van der Waals surface area contributed by atoms with E-state index in [1.54, 1.807) is 6.20 Å². The Hall–Kier alpha value is -1.99. The Bertz CT molecular complexity index is 727. The topological polar surface area (TPSA) is 61.4 Å². The molecule has 26 heavy (non-hydrogen) atoms. The van der Waals surface area contributed by atoms with Gasteiger partial charge >= 0.3 is 0 Å². The van der Waals surface area contributed by atoms with Crippen LogP contribution in [0.2, 0.25) is 0 Å². The minimum atomic E-state index is 0.0287. The van der Waals surface area contributed by atoms with E-state index in [1.165, 1.54) is 0 Å². The van der Waals surface area contributed by atoms with Crippen LogP contribution >= 0.6 is 15.9 Å². The highest BCUT2D eigenvalue weighted by atomic mass is 79.9. The lowest BCUT2D eigenvalue weighted by Crippen LogP contribution is -2.40. The van der Waals surface area contributed by atoms with Crippen LogP contribution in [0.25, 0.3) is 0 Å². The highest BCUT2D eigenvalue weighted by molar-refractivity contribution is 9.10. The summed E-state index contributed by atoms with van der Waals surface area (Å²) >= 11 is 3.45. The molecule has 6 nitrogen and oxygen atoms in total. The van der Waals surface area contributed by atoms with Gasteiger partial charge in [-0.1, -0.05) is 12.1 Å². The highest BCUT2D eigenvalue weighted by Gasteiger charge is 2.26. The molecule has 1 fully saturated rings. The van der Waals surface area contributed by atoms with Crippen LogP contribution in [0.4, 0.5) is 11.5 Å². The van der Waals surface area contributed by atoms with E-state index in [1.807, 2.05) is 36.4 Å². The Morgan fingerprint density at radius 3 is 2.96 bits per heavy atom. The lowest BCUT2D eigenvalue weighted by atomic mass is 10.2. The molecular formula is C19H24BrN5O. The van der Waals surface area contributed by atoms with Crippen molar-refractivity contribution in [3.05, 3.63) is 47.1 Å². The number of amides is 1. The number of carbonyl (C=O) groups is 1. The van der Waals surface area contributed by atoms with Gasteiger partial charge in [0.05, 0.1) is 5.69 Å². The summed E-state index contributed by atoms with van der Waals surface area (Å²) < 4.78 is 0.896. The number of benzene rings is 1. The van der Waals surface area contributed by atoms with Gasteiger partial charge in [-0.15, -0.1) is 5.10 Å². The summed E-state index contributed by atoms with van der Waals surface area (Å²) in [5.41, 5.74) is 0.810. The van der Waals surface area contributed by atoms with Gasteiger partial charge in [-0.3, -0.25) is 4.79 Å². The second-order valence-electron chi connectivity index (χ2n) is 6.61. The quantitative estimate of drug-likeness (QED) is 0.749. The summed E-state index contributed by atoms with van der Waals surface area (Å²) in [4.78, 5) is 16.8. The lowest BCUT2D eigenvalue weighted by molar-refractivity contribution is -0.116. The molecule has 1 atom stereocenters. The van der Waals surface area contributed by atoms with Gasteiger partial charge in [0.1, 0.15) is 0 Å². The smallest absolute Gasteiger partial charge is 0.225 e. The fraction of sp³-hybridized carbons (Fsp3) is 0.421. The first kappa shape index (κ1) is 18.8. The van der Waals surface area contributed by atoms with E-state index in [2.05, 4.69) is 48.3 Å². The van der Waals surface area contributed by atoms with Crippen LogP contribution in [0.1, 0.15) is 19.3 Å². The van der Waals surface area contributed by atoms with Crippen LogP contribution in [0.5, 0.6) is 0 Å². The van der Waals surface area contributed by atoms with Crippen molar-refractivity contribution in [2.24, 2.45) is 0 Å². The first-order valence-corrected chi connectivity index (χ1v) is 9.70. The molecule has 0 spiro atoms. The molecule has 0 saturated carbocycles. The number of rotatable bonds is 7. The van der Waals surface area contributed by atoms with Gasteiger partial charge in [-0.05, 0) is 60.1 Å². The minimum Gasteiger partial charge on any atom is -0.351 e. The molecule has 1 aliphatic heterocycles. The third-order valence-corrected chi connectivity index (χ3v) is 5.31. The molecule has 1 unspecified atom stereocenters. The van der Waals surface area contributed by atoms with Crippen molar-refractivity contribution in [1.82, 2.24) is 15.1 Å². The van der Waals surface area contributed by atoms with Crippen molar-refractivity contribution < 1.29 is 4.79 Å². The fourth-order valence-corrected chi connectivity index (χ4v) is 3.68. The number of nitrogens with zero attached hydrogens (tertiary/aromatic N) is 4. The molecular weight excluding hydrogens is 394 g/mol. The molecule has 0 aliphatic carbocycles. The van der Waals surface area contributed by atoms with Crippen molar-refractivity contribution in [3.63, 3.8) is 0 Å². The van der Waals surface area contributed by atoms with Gasteiger partial charge in [0, 0.05) is 42.8 Å². The largest absolute Gasteiger partial charge is 0.351 e. The average molecular weight is 418 g/mol. The first-order chi connectivity index (χ1) is 12.6. The van der Waals surface area contributed by atoms with E-state index in [-0.39, 0.29) is 5.91 Å². The summed E-state index contributed by atoms with van der Waals surface area (Å²) in [5.74, 6) is 0.969. The monoisotopic (exact) mass is 417 g/mol. The maximum Gasteiger partial charge on any atom is 0.225 e. The van der Waals surface area contributed by atoms with Crippen molar-refractivity contribution in [2.75, 3.05) is 36.9 Å². The molecule has 7 heteroatoms. The Balaban J connectivity index is 1.47. The Labute approximate surface area is 162 Å². The summed E-state index contributed by atoms with van der Waals surface area (Å²) in [5, 5.41) is 11.2. The third-order valence-electron chi connectivity index (χ3n) is 4.62. The number of para-hydroxylation sites is 1. The molecule has 1 aromatic carbocycles. The summed E-state index contributed by atoms with van der Waals surface area (Å²) in [6.45, 7) is 2.65. The number of likely N-dealkylation sites (N-methyl/N-ethyl adjacent to an activating group) is 1. The number of hydrogen-bond acceptors (Lipinski definition) is 5. The highest BCUT2D eigenvalue weighted by Crippen LogP contribution is 2.24. The first-order valence-electron chi connectivity index (χ1n) is 8.91. The molecule has 0 radical (unpaired) electrons. The average Bonchev–Trinajstić information content (AvgIpc) is 3.11. The number of nitrogens with one attached hydrogen (secondary N) is 1. The standard InChI is InChI=1S/C19H24BrN5O/c1-24(13-10-19(26)22-17-8-3-2-7-16(17)20)14-15-6-5-12-25(15)18-9-4-11-21-23-18/h2-4,7-9,11,15H,5-6,10,12-14H2,1H3,(H,22,26). The molecule has 2 aromatic rings. The van der Waals surface area contributed by atoms with E-state index in [4.69, 9.17) is 0 Å². The van der Waals surface area contributed by atoms with Gasteiger partial charge in [0.2, 0.25) is 5.91 Å². The predicted octanol–water partition coefficient (Wildman–Crippen LogP) is 3.17. The van der Waals surface area contributed by atoms with Crippen molar-refractivity contribution in [3.8, 4) is 0 Å². The van der Waals surface area contributed by atoms with Gasteiger partial charge in [0.15, 0.2) is 5.82 Å². The van der Waals surface area contributed by atoms with Crippen molar-refractivity contribution >= 4 is 33.3 Å². The minimum absolute atomic E-state index is 0.0287. The lowest BCUT2D eigenvalue weighted by Gasteiger charge is -2.29. The molecule has 1 aliphatic rings. The maximum atomic E-state index is 12.2. The van der Waals surface area contributed by atoms with Crippen molar-refractivity contribution in [1.29, 1.82) is 0 Å². The zero-order chi connectivity index (χ0) is 18.4. The fourth-order valence-electron chi connectivity index (χ4n) is 3.29. The molecule has 1 amide bonds. The molecule has 1 N–H and O–H groups in total. The van der Waals surface area contributed by atoms with Gasteiger partial charge in [0.25, 0.3) is 0 Å². The van der Waals surface area contributed by atoms with Crippen LogP contribution in [0.15, 0.2) is 47.1 Å². The molecule has 0 bridgehead atoms. The number of anilines is 2. The third kappa shape index (κ3) is 5.02. The number of aromatic nitrogens is 2. The van der Waals surface area contributed by atoms with E-state index >= 15 is 0 Å². The van der Waals surface area contributed by atoms with E-state index in [9.17, 15) is 4.79 Å². The predicted molar refractivity (Wildman–Crippen MR) is 107 cm³/mol. The van der Waals surface area contributed by atoms with E-state index in [0.717, 1.165) is 48.5 Å². The summed E-state index contributed by atoms with van der Waals surface area (Å²) in [7, 11) is 2.07. The second-order valence-corrected chi connectivity index (χ2v) is 7.47. The zero-order valence-corrected chi connectivity index (χ0v) is 16.5. The summed E-state index contributed by atoms with van der Waals surface area (Å²) in [6, 6.07) is 12.0. The van der Waals surface area contributed by atoms with Crippen LogP contribution in [-0.4, -0.2) is 53.7 Å².